The molecule has 1 N–H and O–H groups in total. The van der Waals surface area contributed by atoms with Gasteiger partial charge in [-0.15, -0.1) is 0 Å². The number of furan rings is 1. The van der Waals surface area contributed by atoms with E-state index in [2.05, 4.69) is 5.32 Å². The van der Waals surface area contributed by atoms with Crippen LogP contribution < -0.4 is 5.32 Å². The minimum absolute atomic E-state index is 0.127. The molecular formula is C15H14Cl2N2O3. The number of anilines is 1. The maximum absolute atomic E-state index is 12.2. The van der Waals surface area contributed by atoms with Crippen LogP contribution in [0.3, 0.4) is 0 Å². The molecule has 0 fully saturated rings. The molecule has 1 heterocycles. The highest BCUT2D eigenvalue weighted by atomic mass is 35.5. The van der Waals surface area contributed by atoms with Gasteiger partial charge in [0.05, 0.1) is 22.0 Å². The molecule has 7 heteroatoms. The van der Waals surface area contributed by atoms with E-state index in [1.165, 1.54) is 11.2 Å². The van der Waals surface area contributed by atoms with Crippen LogP contribution in [0.15, 0.2) is 41.0 Å². The number of hydrogen-bond donors (Lipinski definition) is 1. The van der Waals surface area contributed by atoms with E-state index in [9.17, 15) is 9.59 Å². The van der Waals surface area contributed by atoms with E-state index >= 15 is 0 Å². The Labute approximate surface area is 137 Å². The number of amides is 2. The first-order valence-corrected chi connectivity index (χ1v) is 7.35. The summed E-state index contributed by atoms with van der Waals surface area (Å²) in [5.74, 6) is -0.560. The molecule has 1 aromatic heterocycles. The van der Waals surface area contributed by atoms with E-state index < -0.39 is 5.91 Å². The second kappa shape index (κ2) is 7.33. The number of nitrogens with one attached hydrogen (secondary N) is 1. The average molecular weight is 341 g/mol. The van der Waals surface area contributed by atoms with Gasteiger partial charge in [-0.05, 0) is 31.2 Å². The van der Waals surface area contributed by atoms with Crippen molar-refractivity contribution in [3.63, 3.8) is 0 Å². The van der Waals surface area contributed by atoms with Crippen molar-refractivity contribution in [1.29, 1.82) is 0 Å². The fourth-order valence-corrected chi connectivity index (χ4v) is 2.34. The molecular weight excluding hydrogens is 327 g/mol. The summed E-state index contributed by atoms with van der Waals surface area (Å²) in [6, 6.07) is 8.08. The lowest BCUT2D eigenvalue weighted by Gasteiger charge is -2.19. The van der Waals surface area contributed by atoms with Gasteiger partial charge >= 0.3 is 0 Å². The smallest absolute Gasteiger partial charge is 0.290 e. The molecule has 1 aromatic carbocycles. The van der Waals surface area contributed by atoms with Gasteiger partial charge in [0.1, 0.15) is 6.54 Å². The zero-order valence-electron chi connectivity index (χ0n) is 11.8. The monoisotopic (exact) mass is 340 g/mol. The Bertz CT molecular complexity index is 651. The van der Waals surface area contributed by atoms with Crippen LogP contribution in [0, 0.1) is 0 Å². The fourth-order valence-electron chi connectivity index (χ4n) is 1.85. The van der Waals surface area contributed by atoms with Gasteiger partial charge in [-0.1, -0.05) is 29.3 Å². The fraction of sp³-hybridized carbons (Fsp3) is 0.200. The lowest BCUT2D eigenvalue weighted by molar-refractivity contribution is -0.116. The van der Waals surface area contributed by atoms with Gasteiger partial charge in [0, 0.05) is 6.54 Å². The van der Waals surface area contributed by atoms with Gasteiger partial charge in [0.2, 0.25) is 5.91 Å². The van der Waals surface area contributed by atoms with Crippen LogP contribution in [0.2, 0.25) is 10.0 Å². The van der Waals surface area contributed by atoms with Crippen LogP contribution >= 0.6 is 23.2 Å². The second-order valence-corrected chi connectivity index (χ2v) is 5.26. The molecule has 0 saturated heterocycles. The first-order valence-electron chi connectivity index (χ1n) is 6.59. The van der Waals surface area contributed by atoms with E-state index in [1.807, 2.05) is 0 Å². The van der Waals surface area contributed by atoms with E-state index in [4.69, 9.17) is 27.6 Å². The summed E-state index contributed by atoms with van der Waals surface area (Å²) in [4.78, 5) is 25.6. The second-order valence-electron chi connectivity index (χ2n) is 4.44. The third-order valence-corrected chi connectivity index (χ3v) is 3.59. The highest BCUT2D eigenvalue weighted by molar-refractivity contribution is 6.39. The Morgan fingerprint density at radius 1 is 1.18 bits per heavy atom. The van der Waals surface area contributed by atoms with Crippen molar-refractivity contribution in [3.8, 4) is 0 Å². The first kappa shape index (κ1) is 16.4. The van der Waals surface area contributed by atoms with Gasteiger partial charge in [0.15, 0.2) is 5.76 Å². The molecule has 0 aliphatic rings. The molecule has 0 unspecified atom stereocenters. The standard InChI is InChI=1S/C15H14Cl2N2O3/c1-2-19(15(21)12-7-4-8-22-12)9-13(20)18-14-10(16)5-3-6-11(14)17/h3-8H,2,9H2,1H3,(H,18,20). The third kappa shape index (κ3) is 3.81. The van der Waals surface area contributed by atoms with Crippen molar-refractivity contribution in [1.82, 2.24) is 4.90 Å². The molecule has 5 nitrogen and oxygen atoms in total. The molecule has 0 bridgehead atoms. The van der Waals surface area contributed by atoms with Gasteiger partial charge < -0.3 is 14.6 Å². The predicted molar refractivity (Wildman–Crippen MR) is 85.4 cm³/mol. The van der Waals surface area contributed by atoms with Crippen molar-refractivity contribution in [2.24, 2.45) is 0 Å². The van der Waals surface area contributed by atoms with Crippen LogP contribution in [0.5, 0.6) is 0 Å². The van der Waals surface area contributed by atoms with Crippen LogP contribution in [-0.2, 0) is 4.79 Å². The SMILES string of the molecule is CCN(CC(=O)Nc1c(Cl)cccc1Cl)C(=O)c1ccco1. The highest BCUT2D eigenvalue weighted by Crippen LogP contribution is 2.29. The Hall–Kier alpha value is -1.98. The minimum atomic E-state index is -0.392. The zero-order chi connectivity index (χ0) is 16.1. The number of carbonyl (C=O) groups is 2. The minimum Gasteiger partial charge on any atom is -0.459 e. The Morgan fingerprint density at radius 3 is 2.41 bits per heavy atom. The average Bonchev–Trinajstić information content (AvgIpc) is 3.02. The van der Waals surface area contributed by atoms with E-state index in [0.29, 0.717) is 22.3 Å². The molecule has 0 saturated carbocycles. The molecule has 0 aliphatic carbocycles. The zero-order valence-corrected chi connectivity index (χ0v) is 13.3. The summed E-state index contributed by atoms with van der Waals surface area (Å²) in [6.07, 6.45) is 1.41. The van der Waals surface area contributed by atoms with Crippen LogP contribution in [0.1, 0.15) is 17.5 Å². The number of likely N-dealkylation sites (N-methyl/N-ethyl adjacent to an activating group) is 1. The number of nitrogens with zero attached hydrogens (tertiary/aromatic N) is 1. The largest absolute Gasteiger partial charge is 0.459 e. The van der Waals surface area contributed by atoms with Gasteiger partial charge in [-0.2, -0.15) is 0 Å². The van der Waals surface area contributed by atoms with Crippen LogP contribution in [0.25, 0.3) is 0 Å². The van der Waals surface area contributed by atoms with Crippen molar-refractivity contribution in [2.75, 3.05) is 18.4 Å². The molecule has 0 atom stereocenters. The van der Waals surface area contributed by atoms with Crippen molar-refractivity contribution >= 4 is 40.7 Å². The summed E-state index contributed by atoms with van der Waals surface area (Å²) >= 11 is 12.0. The van der Waals surface area contributed by atoms with Gasteiger partial charge in [0.25, 0.3) is 5.91 Å². The molecule has 116 valence electrons. The summed E-state index contributed by atoms with van der Waals surface area (Å²) in [7, 11) is 0. The maximum atomic E-state index is 12.2. The topological polar surface area (TPSA) is 62.6 Å². The van der Waals surface area contributed by atoms with E-state index in [-0.39, 0.29) is 18.2 Å². The molecule has 0 radical (unpaired) electrons. The summed E-state index contributed by atoms with van der Waals surface area (Å²) in [5, 5.41) is 3.29. The van der Waals surface area contributed by atoms with Crippen LogP contribution in [-0.4, -0.2) is 29.8 Å². The van der Waals surface area contributed by atoms with Crippen molar-refractivity contribution < 1.29 is 14.0 Å². The normalized spacial score (nSPS) is 10.3. The van der Waals surface area contributed by atoms with Crippen LogP contribution in [0.4, 0.5) is 5.69 Å². The summed E-state index contributed by atoms with van der Waals surface area (Å²) in [6.45, 7) is 2.01. The summed E-state index contributed by atoms with van der Waals surface area (Å²) in [5.41, 5.74) is 0.331. The Balaban J connectivity index is 2.05. The lowest BCUT2D eigenvalue weighted by Crippen LogP contribution is -2.37. The Morgan fingerprint density at radius 2 is 1.86 bits per heavy atom. The number of carbonyl (C=O) groups excluding carboxylic acids is 2. The molecule has 2 aromatic rings. The number of hydrogen-bond acceptors (Lipinski definition) is 3. The predicted octanol–water partition coefficient (Wildman–Crippen LogP) is 3.69. The highest BCUT2D eigenvalue weighted by Gasteiger charge is 2.20. The number of benzene rings is 1. The maximum Gasteiger partial charge on any atom is 0.290 e. The van der Waals surface area contributed by atoms with E-state index in [0.717, 1.165) is 0 Å². The quantitative estimate of drug-likeness (QED) is 0.902. The lowest BCUT2D eigenvalue weighted by atomic mass is 10.3. The summed E-state index contributed by atoms with van der Waals surface area (Å²) < 4.78 is 5.05. The molecule has 0 aliphatic heterocycles. The molecule has 0 spiro atoms. The van der Waals surface area contributed by atoms with Gasteiger partial charge in [-0.3, -0.25) is 9.59 Å². The third-order valence-electron chi connectivity index (χ3n) is 2.96. The van der Waals surface area contributed by atoms with Crippen molar-refractivity contribution in [2.45, 2.75) is 6.92 Å². The molecule has 22 heavy (non-hydrogen) atoms. The van der Waals surface area contributed by atoms with E-state index in [1.54, 1.807) is 37.3 Å². The first-order chi connectivity index (χ1) is 10.5. The molecule has 2 amide bonds. The number of para-hydroxylation sites is 1. The van der Waals surface area contributed by atoms with Crippen molar-refractivity contribution in [3.05, 3.63) is 52.4 Å². The van der Waals surface area contributed by atoms with Gasteiger partial charge in [-0.25, -0.2) is 0 Å². The number of halogens is 2. The molecule has 2 rings (SSSR count). The Kier molecular flexibility index (Phi) is 5.46. The number of rotatable bonds is 5.